The van der Waals surface area contributed by atoms with Gasteiger partial charge < -0.3 is 15.0 Å². The molecule has 2 aromatic rings. The van der Waals surface area contributed by atoms with Crippen LogP contribution in [0, 0.1) is 0 Å². The SMILES string of the molecule is CCOc1ccc(Cc2nc(C3(N)CCC3)no2)cc1. The molecule has 1 fully saturated rings. The predicted molar refractivity (Wildman–Crippen MR) is 74.4 cm³/mol. The average molecular weight is 273 g/mol. The van der Waals surface area contributed by atoms with Gasteiger partial charge in [0, 0.05) is 0 Å². The van der Waals surface area contributed by atoms with Crippen molar-refractivity contribution >= 4 is 0 Å². The molecule has 1 aliphatic carbocycles. The Morgan fingerprint density at radius 2 is 2.05 bits per heavy atom. The summed E-state index contributed by atoms with van der Waals surface area (Å²) in [5, 5.41) is 4.02. The normalized spacial score (nSPS) is 16.7. The molecule has 1 aromatic heterocycles. The first-order valence-corrected chi connectivity index (χ1v) is 7.03. The molecule has 0 aliphatic heterocycles. The fraction of sp³-hybridized carbons (Fsp3) is 0.467. The number of nitrogens with two attached hydrogens (primary N) is 1. The zero-order chi connectivity index (χ0) is 14.0. The van der Waals surface area contributed by atoms with Crippen LogP contribution < -0.4 is 10.5 Å². The Morgan fingerprint density at radius 3 is 2.65 bits per heavy atom. The van der Waals surface area contributed by atoms with Crippen LogP contribution in [0.15, 0.2) is 28.8 Å². The third-order valence-corrected chi connectivity index (χ3v) is 3.75. The van der Waals surface area contributed by atoms with Gasteiger partial charge in [-0.15, -0.1) is 0 Å². The van der Waals surface area contributed by atoms with Crippen LogP contribution in [-0.4, -0.2) is 16.7 Å². The van der Waals surface area contributed by atoms with Crippen molar-refractivity contribution in [2.75, 3.05) is 6.61 Å². The van der Waals surface area contributed by atoms with Crippen molar-refractivity contribution in [1.29, 1.82) is 0 Å². The molecule has 20 heavy (non-hydrogen) atoms. The van der Waals surface area contributed by atoms with E-state index in [4.69, 9.17) is 15.0 Å². The second kappa shape index (κ2) is 5.25. The van der Waals surface area contributed by atoms with E-state index >= 15 is 0 Å². The molecule has 2 N–H and O–H groups in total. The average Bonchev–Trinajstić information content (AvgIpc) is 2.87. The third-order valence-electron chi connectivity index (χ3n) is 3.75. The van der Waals surface area contributed by atoms with E-state index < -0.39 is 0 Å². The molecule has 1 heterocycles. The van der Waals surface area contributed by atoms with E-state index in [9.17, 15) is 0 Å². The molecule has 3 rings (SSSR count). The minimum atomic E-state index is -0.361. The van der Waals surface area contributed by atoms with Crippen LogP contribution in [0.5, 0.6) is 5.75 Å². The highest BCUT2D eigenvalue weighted by molar-refractivity contribution is 5.28. The summed E-state index contributed by atoms with van der Waals surface area (Å²) < 4.78 is 10.7. The van der Waals surface area contributed by atoms with E-state index in [-0.39, 0.29) is 5.54 Å². The summed E-state index contributed by atoms with van der Waals surface area (Å²) in [6.07, 6.45) is 3.64. The number of nitrogens with zero attached hydrogens (tertiary/aromatic N) is 2. The zero-order valence-corrected chi connectivity index (χ0v) is 11.6. The van der Waals surface area contributed by atoms with E-state index in [0.717, 1.165) is 30.6 Å². The first-order chi connectivity index (χ1) is 9.69. The van der Waals surface area contributed by atoms with E-state index in [1.165, 1.54) is 0 Å². The number of ether oxygens (including phenoxy) is 1. The Morgan fingerprint density at radius 1 is 1.30 bits per heavy atom. The maximum absolute atomic E-state index is 6.18. The van der Waals surface area contributed by atoms with Crippen molar-refractivity contribution in [3.05, 3.63) is 41.5 Å². The second-order valence-corrected chi connectivity index (χ2v) is 5.28. The van der Waals surface area contributed by atoms with Crippen LogP contribution in [0.3, 0.4) is 0 Å². The van der Waals surface area contributed by atoms with E-state index in [1.807, 2.05) is 31.2 Å². The van der Waals surface area contributed by atoms with E-state index in [2.05, 4.69) is 10.1 Å². The minimum absolute atomic E-state index is 0.361. The van der Waals surface area contributed by atoms with Gasteiger partial charge in [-0.05, 0) is 43.9 Å². The molecule has 0 amide bonds. The number of hydrogen-bond donors (Lipinski definition) is 1. The van der Waals surface area contributed by atoms with Crippen molar-refractivity contribution in [2.24, 2.45) is 5.73 Å². The Labute approximate surface area is 118 Å². The van der Waals surface area contributed by atoms with E-state index in [1.54, 1.807) is 0 Å². The van der Waals surface area contributed by atoms with Gasteiger partial charge in [-0.3, -0.25) is 0 Å². The molecule has 0 spiro atoms. The highest BCUT2D eigenvalue weighted by Crippen LogP contribution is 2.36. The van der Waals surface area contributed by atoms with Gasteiger partial charge in [0.1, 0.15) is 5.75 Å². The Kier molecular flexibility index (Phi) is 3.44. The van der Waals surface area contributed by atoms with Gasteiger partial charge in [0.25, 0.3) is 0 Å². The summed E-state index contributed by atoms with van der Waals surface area (Å²) in [7, 11) is 0. The molecular weight excluding hydrogens is 254 g/mol. The molecule has 1 aromatic carbocycles. The molecule has 0 saturated heterocycles. The predicted octanol–water partition coefficient (Wildman–Crippen LogP) is 2.40. The third kappa shape index (κ3) is 2.54. The summed E-state index contributed by atoms with van der Waals surface area (Å²) >= 11 is 0. The fourth-order valence-electron chi connectivity index (χ4n) is 2.36. The molecule has 0 bridgehead atoms. The van der Waals surface area contributed by atoms with Crippen LogP contribution in [-0.2, 0) is 12.0 Å². The number of aromatic nitrogens is 2. The summed E-state index contributed by atoms with van der Waals surface area (Å²) in [6, 6.07) is 7.92. The van der Waals surface area contributed by atoms with Crippen LogP contribution in [0.25, 0.3) is 0 Å². The Hall–Kier alpha value is -1.88. The maximum atomic E-state index is 6.18. The van der Waals surface area contributed by atoms with Gasteiger partial charge in [-0.2, -0.15) is 4.98 Å². The highest BCUT2D eigenvalue weighted by atomic mass is 16.5. The molecule has 106 valence electrons. The molecule has 0 radical (unpaired) electrons. The summed E-state index contributed by atoms with van der Waals surface area (Å²) in [4.78, 5) is 4.42. The molecular formula is C15H19N3O2. The lowest BCUT2D eigenvalue weighted by Gasteiger charge is -2.34. The molecule has 5 nitrogen and oxygen atoms in total. The summed E-state index contributed by atoms with van der Waals surface area (Å²) in [5.41, 5.74) is 6.94. The van der Waals surface area contributed by atoms with Crippen molar-refractivity contribution in [2.45, 2.75) is 38.1 Å². The van der Waals surface area contributed by atoms with Crippen LogP contribution >= 0.6 is 0 Å². The van der Waals surface area contributed by atoms with Crippen molar-refractivity contribution in [1.82, 2.24) is 10.1 Å². The highest BCUT2D eigenvalue weighted by Gasteiger charge is 2.38. The number of hydrogen-bond acceptors (Lipinski definition) is 5. The lowest BCUT2D eigenvalue weighted by atomic mass is 9.77. The number of benzene rings is 1. The second-order valence-electron chi connectivity index (χ2n) is 5.28. The summed E-state index contributed by atoms with van der Waals surface area (Å²) in [5.74, 6) is 2.13. The molecule has 0 atom stereocenters. The van der Waals surface area contributed by atoms with Crippen molar-refractivity contribution < 1.29 is 9.26 Å². The minimum Gasteiger partial charge on any atom is -0.494 e. The smallest absolute Gasteiger partial charge is 0.231 e. The Balaban J connectivity index is 1.68. The topological polar surface area (TPSA) is 74.2 Å². The first-order valence-electron chi connectivity index (χ1n) is 7.03. The largest absolute Gasteiger partial charge is 0.494 e. The molecule has 1 aliphatic rings. The zero-order valence-electron chi connectivity index (χ0n) is 11.6. The Bertz CT molecular complexity index is 573. The molecule has 1 saturated carbocycles. The van der Waals surface area contributed by atoms with Gasteiger partial charge >= 0.3 is 0 Å². The molecule has 5 heteroatoms. The van der Waals surface area contributed by atoms with Crippen LogP contribution in [0.2, 0.25) is 0 Å². The van der Waals surface area contributed by atoms with Crippen molar-refractivity contribution in [3.8, 4) is 5.75 Å². The van der Waals surface area contributed by atoms with Gasteiger partial charge in [0.15, 0.2) is 5.82 Å². The quantitative estimate of drug-likeness (QED) is 0.905. The van der Waals surface area contributed by atoms with Gasteiger partial charge in [0.2, 0.25) is 5.89 Å². The summed E-state index contributed by atoms with van der Waals surface area (Å²) in [6.45, 7) is 2.64. The number of rotatable bonds is 5. The van der Waals surface area contributed by atoms with Gasteiger partial charge in [-0.1, -0.05) is 17.3 Å². The maximum Gasteiger partial charge on any atom is 0.231 e. The monoisotopic (exact) mass is 273 g/mol. The van der Waals surface area contributed by atoms with Gasteiger partial charge in [-0.25, -0.2) is 0 Å². The van der Waals surface area contributed by atoms with Crippen molar-refractivity contribution in [3.63, 3.8) is 0 Å². The first kappa shape index (κ1) is 13.1. The fourth-order valence-corrected chi connectivity index (χ4v) is 2.36. The van der Waals surface area contributed by atoms with Crippen LogP contribution in [0.1, 0.15) is 43.5 Å². The standard InChI is InChI=1S/C15H19N3O2/c1-2-19-12-6-4-11(5-7-12)10-13-17-14(18-20-13)15(16)8-3-9-15/h4-7H,2-3,8-10,16H2,1H3. The van der Waals surface area contributed by atoms with Crippen LogP contribution in [0.4, 0.5) is 0 Å². The van der Waals surface area contributed by atoms with Gasteiger partial charge in [0.05, 0.1) is 18.6 Å². The lowest BCUT2D eigenvalue weighted by Crippen LogP contribution is -2.44. The lowest BCUT2D eigenvalue weighted by molar-refractivity contribution is 0.229. The van der Waals surface area contributed by atoms with E-state index in [0.29, 0.717) is 24.7 Å². The molecule has 0 unspecified atom stereocenters.